The van der Waals surface area contributed by atoms with Gasteiger partial charge in [0.2, 0.25) is 5.91 Å². The van der Waals surface area contributed by atoms with E-state index in [9.17, 15) is 9.59 Å². The topological polar surface area (TPSA) is 58.6 Å². The molecule has 0 unspecified atom stereocenters. The third-order valence-corrected chi connectivity index (χ3v) is 7.10. The second-order valence-electron chi connectivity index (χ2n) is 8.53. The molecule has 3 rings (SSSR count). The first-order chi connectivity index (χ1) is 17.3. The fourth-order valence-electron chi connectivity index (χ4n) is 3.60. The van der Waals surface area contributed by atoms with E-state index in [4.69, 9.17) is 16.3 Å². The Bertz CT molecular complexity index is 1160. The molecule has 8 heteroatoms. The quantitative estimate of drug-likeness (QED) is 0.252. The first kappa shape index (κ1) is 28.2. The van der Waals surface area contributed by atoms with E-state index in [0.29, 0.717) is 17.2 Å². The lowest BCUT2D eigenvalue weighted by molar-refractivity contribution is -0.143. The van der Waals surface area contributed by atoms with E-state index in [1.807, 2.05) is 68.4 Å². The molecule has 0 aliphatic heterocycles. The molecule has 2 atom stereocenters. The predicted octanol–water partition coefficient (Wildman–Crippen LogP) is 6.80. The van der Waals surface area contributed by atoms with E-state index in [0.717, 1.165) is 26.5 Å². The van der Waals surface area contributed by atoms with Crippen molar-refractivity contribution in [2.75, 3.05) is 6.61 Å². The smallest absolute Gasteiger partial charge is 0.261 e. The van der Waals surface area contributed by atoms with Gasteiger partial charge in [0.25, 0.3) is 5.91 Å². The second-order valence-corrected chi connectivity index (χ2v) is 10.8. The fourth-order valence-corrected chi connectivity index (χ4v) is 4.59. The molecule has 0 fully saturated rings. The van der Waals surface area contributed by atoms with Crippen LogP contribution in [-0.2, 0) is 22.6 Å². The Morgan fingerprint density at radius 1 is 0.972 bits per heavy atom. The summed E-state index contributed by atoms with van der Waals surface area (Å²) in [5.41, 5.74) is 1.87. The van der Waals surface area contributed by atoms with Gasteiger partial charge in [0, 0.05) is 28.0 Å². The van der Waals surface area contributed by atoms with Crippen LogP contribution in [0.5, 0.6) is 5.75 Å². The molecule has 5 nitrogen and oxygen atoms in total. The van der Waals surface area contributed by atoms with Crippen LogP contribution >= 0.6 is 43.5 Å². The average molecular weight is 637 g/mol. The zero-order valence-electron chi connectivity index (χ0n) is 20.2. The Labute approximate surface area is 234 Å². The second kappa shape index (κ2) is 13.8. The van der Waals surface area contributed by atoms with Crippen molar-refractivity contribution >= 4 is 55.3 Å². The van der Waals surface area contributed by atoms with E-state index in [1.54, 1.807) is 23.1 Å². The van der Waals surface area contributed by atoms with Crippen molar-refractivity contribution in [2.45, 2.75) is 45.3 Å². The average Bonchev–Trinajstić information content (AvgIpc) is 2.87. The highest BCUT2D eigenvalue weighted by Crippen LogP contribution is 2.28. The van der Waals surface area contributed by atoms with Gasteiger partial charge in [-0.1, -0.05) is 92.8 Å². The van der Waals surface area contributed by atoms with Crippen molar-refractivity contribution < 1.29 is 14.3 Å². The zero-order valence-corrected chi connectivity index (χ0v) is 24.1. The lowest BCUT2D eigenvalue weighted by Crippen LogP contribution is -2.53. The molecular weight excluding hydrogens is 608 g/mol. The normalized spacial score (nSPS) is 12.5. The monoisotopic (exact) mass is 634 g/mol. The third-order valence-electron chi connectivity index (χ3n) is 5.78. The highest BCUT2D eigenvalue weighted by atomic mass is 79.9. The summed E-state index contributed by atoms with van der Waals surface area (Å²) < 4.78 is 7.54. The molecule has 0 spiro atoms. The van der Waals surface area contributed by atoms with E-state index in [2.05, 4.69) is 37.2 Å². The number of hydrogen-bond donors (Lipinski definition) is 1. The van der Waals surface area contributed by atoms with Crippen LogP contribution in [0.25, 0.3) is 0 Å². The Morgan fingerprint density at radius 3 is 2.28 bits per heavy atom. The number of ether oxygens (including phenoxy) is 1. The molecule has 0 saturated heterocycles. The molecule has 0 bridgehead atoms. The first-order valence-corrected chi connectivity index (χ1v) is 13.7. The van der Waals surface area contributed by atoms with E-state index in [-0.39, 0.29) is 31.0 Å². The summed E-state index contributed by atoms with van der Waals surface area (Å²) >= 11 is 13.1. The van der Waals surface area contributed by atoms with Crippen molar-refractivity contribution in [3.63, 3.8) is 0 Å². The summed E-state index contributed by atoms with van der Waals surface area (Å²) in [6, 6.07) is 21.9. The minimum Gasteiger partial charge on any atom is -0.482 e. The molecule has 3 aromatic rings. The molecule has 0 aliphatic carbocycles. The Morgan fingerprint density at radius 2 is 1.64 bits per heavy atom. The van der Waals surface area contributed by atoms with Crippen molar-refractivity contribution in [1.82, 2.24) is 10.2 Å². The molecule has 36 heavy (non-hydrogen) atoms. The minimum atomic E-state index is -0.721. The van der Waals surface area contributed by atoms with Crippen LogP contribution < -0.4 is 10.1 Å². The molecular formula is C28H29Br2ClN2O3. The van der Waals surface area contributed by atoms with Crippen LogP contribution in [0, 0.1) is 0 Å². The van der Waals surface area contributed by atoms with Crippen molar-refractivity contribution in [3.05, 3.63) is 97.9 Å². The summed E-state index contributed by atoms with van der Waals surface area (Å²) in [4.78, 5) is 28.7. The van der Waals surface area contributed by atoms with Crippen LogP contribution in [0.2, 0.25) is 5.02 Å². The summed E-state index contributed by atoms with van der Waals surface area (Å²) in [5, 5.41) is 3.46. The molecule has 0 heterocycles. The number of carbonyl (C=O) groups excluding carboxylic acids is 2. The summed E-state index contributed by atoms with van der Waals surface area (Å²) in [6.45, 7) is 3.98. The van der Waals surface area contributed by atoms with Gasteiger partial charge in [0.05, 0.1) is 5.02 Å². The third kappa shape index (κ3) is 8.36. The standard InChI is InChI=1S/C28H29Br2ClN2O3/c1-3-19(2)32-28(35)25(15-20-7-5-4-6-8-20)33(17-21-9-11-22(29)12-10-21)27(34)18-36-26-14-13-23(30)16-24(26)31/h4-14,16,19,25H,3,15,17-18H2,1-2H3,(H,32,35)/t19-,25-/m1/s1. The Kier molecular flexibility index (Phi) is 10.8. The van der Waals surface area contributed by atoms with Crippen LogP contribution in [0.4, 0.5) is 0 Å². The van der Waals surface area contributed by atoms with Gasteiger partial charge < -0.3 is 15.0 Å². The van der Waals surface area contributed by atoms with Gasteiger partial charge in [-0.15, -0.1) is 0 Å². The van der Waals surface area contributed by atoms with Gasteiger partial charge in [-0.3, -0.25) is 9.59 Å². The first-order valence-electron chi connectivity index (χ1n) is 11.7. The zero-order chi connectivity index (χ0) is 26.1. The number of benzene rings is 3. The van der Waals surface area contributed by atoms with Gasteiger partial charge in [-0.2, -0.15) is 0 Å². The number of nitrogens with one attached hydrogen (secondary N) is 1. The number of rotatable bonds is 11. The molecule has 2 amide bonds. The maximum Gasteiger partial charge on any atom is 0.261 e. The maximum atomic E-state index is 13.6. The van der Waals surface area contributed by atoms with E-state index in [1.165, 1.54) is 0 Å². The number of nitrogens with zero attached hydrogens (tertiary/aromatic N) is 1. The lowest BCUT2D eigenvalue weighted by Gasteiger charge is -2.32. The Hall–Kier alpha value is -2.35. The molecule has 0 radical (unpaired) electrons. The fraction of sp³-hybridized carbons (Fsp3) is 0.286. The van der Waals surface area contributed by atoms with Crippen molar-refractivity contribution in [3.8, 4) is 5.75 Å². The van der Waals surface area contributed by atoms with Crippen LogP contribution in [0.1, 0.15) is 31.4 Å². The molecule has 0 aromatic heterocycles. The molecule has 3 aromatic carbocycles. The van der Waals surface area contributed by atoms with E-state index >= 15 is 0 Å². The largest absolute Gasteiger partial charge is 0.482 e. The van der Waals surface area contributed by atoms with Gasteiger partial charge in [-0.25, -0.2) is 0 Å². The highest BCUT2D eigenvalue weighted by Gasteiger charge is 2.31. The molecule has 0 aliphatic rings. The van der Waals surface area contributed by atoms with Gasteiger partial charge >= 0.3 is 0 Å². The van der Waals surface area contributed by atoms with Gasteiger partial charge in [0.15, 0.2) is 6.61 Å². The number of amides is 2. The van der Waals surface area contributed by atoms with Gasteiger partial charge in [0.1, 0.15) is 11.8 Å². The molecule has 1 N–H and O–H groups in total. The van der Waals surface area contributed by atoms with E-state index < -0.39 is 6.04 Å². The number of halogens is 3. The summed E-state index contributed by atoms with van der Waals surface area (Å²) in [7, 11) is 0. The van der Waals surface area contributed by atoms with Gasteiger partial charge in [-0.05, 0) is 54.8 Å². The predicted molar refractivity (Wildman–Crippen MR) is 151 cm³/mol. The lowest BCUT2D eigenvalue weighted by atomic mass is 10.0. The summed E-state index contributed by atoms with van der Waals surface area (Å²) in [5.74, 6) is -0.0991. The summed E-state index contributed by atoms with van der Waals surface area (Å²) in [6.07, 6.45) is 1.17. The minimum absolute atomic E-state index is 0.0155. The number of carbonyl (C=O) groups is 2. The molecule has 190 valence electrons. The Balaban J connectivity index is 1.91. The molecule has 0 saturated carbocycles. The van der Waals surface area contributed by atoms with Crippen molar-refractivity contribution in [2.24, 2.45) is 0 Å². The van der Waals surface area contributed by atoms with Crippen LogP contribution in [0.15, 0.2) is 81.7 Å². The van der Waals surface area contributed by atoms with Crippen LogP contribution in [-0.4, -0.2) is 35.4 Å². The van der Waals surface area contributed by atoms with Crippen LogP contribution in [0.3, 0.4) is 0 Å². The SMILES string of the molecule is CC[C@@H](C)NC(=O)[C@@H](Cc1ccccc1)N(Cc1ccc(Br)cc1)C(=O)COc1ccc(Br)cc1Cl. The number of hydrogen-bond acceptors (Lipinski definition) is 3. The highest BCUT2D eigenvalue weighted by molar-refractivity contribution is 9.10. The maximum absolute atomic E-state index is 13.6. The van der Waals surface area contributed by atoms with Crippen molar-refractivity contribution in [1.29, 1.82) is 0 Å².